The zero-order chi connectivity index (χ0) is 17.8. The van der Waals surface area contributed by atoms with Crippen LogP contribution in [-0.4, -0.2) is 17.6 Å². The summed E-state index contributed by atoms with van der Waals surface area (Å²) in [5.74, 6) is -0.238. The topological polar surface area (TPSA) is 103 Å². The molecule has 3 N–H and O–H groups in total. The lowest BCUT2D eigenvalue weighted by Gasteiger charge is -2.10. The van der Waals surface area contributed by atoms with E-state index < -0.39 is 11.5 Å². The van der Waals surface area contributed by atoms with Crippen molar-refractivity contribution in [2.75, 3.05) is 6.61 Å². The minimum Gasteiger partial charge on any atom is -0.507 e. The van der Waals surface area contributed by atoms with Gasteiger partial charge in [0.2, 0.25) is 0 Å². The fraction of sp³-hybridized carbons (Fsp3) is 0.158. The molecule has 0 atom stereocenters. The Morgan fingerprint density at radius 1 is 1.12 bits per heavy atom. The molecular weight excluding hydrogens is 322 g/mol. The first-order valence-electron chi connectivity index (χ1n) is 7.83. The van der Waals surface area contributed by atoms with Gasteiger partial charge in [0.25, 0.3) is 5.91 Å². The molecule has 0 aliphatic heterocycles. The quantitative estimate of drug-likeness (QED) is 0.531. The maximum absolute atomic E-state index is 12.0. The van der Waals surface area contributed by atoms with Crippen LogP contribution in [0.4, 0.5) is 0 Å². The van der Waals surface area contributed by atoms with Gasteiger partial charge in [-0.3, -0.25) is 4.79 Å². The number of carbonyl (C=O) groups excluding carboxylic acids is 1. The molecule has 0 saturated carbocycles. The molecule has 0 unspecified atom stereocenters. The molecule has 2 aromatic carbocycles. The van der Waals surface area contributed by atoms with Crippen LogP contribution in [0, 0.1) is 0 Å². The SMILES string of the molecule is NC(=O)c1ccccc1OCCCc1c(O)c2ccccc2oc1=O. The highest BCUT2D eigenvalue weighted by atomic mass is 16.5. The molecule has 6 nitrogen and oxygen atoms in total. The smallest absolute Gasteiger partial charge is 0.343 e. The van der Waals surface area contributed by atoms with Crippen LogP contribution in [0.5, 0.6) is 11.5 Å². The molecule has 0 radical (unpaired) electrons. The van der Waals surface area contributed by atoms with Crippen LogP contribution in [0.25, 0.3) is 11.0 Å². The van der Waals surface area contributed by atoms with Gasteiger partial charge in [0.1, 0.15) is 17.1 Å². The number of ether oxygens (including phenoxy) is 1. The summed E-state index contributed by atoms with van der Waals surface area (Å²) in [5, 5.41) is 10.8. The van der Waals surface area contributed by atoms with Crippen molar-refractivity contribution in [3.05, 3.63) is 70.1 Å². The van der Waals surface area contributed by atoms with Crippen molar-refractivity contribution in [3.63, 3.8) is 0 Å². The van der Waals surface area contributed by atoms with Crippen molar-refractivity contribution in [1.82, 2.24) is 0 Å². The number of carbonyl (C=O) groups is 1. The number of nitrogens with two attached hydrogens (primary N) is 1. The summed E-state index contributed by atoms with van der Waals surface area (Å²) in [4.78, 5) is 23.4. The molecule has 128 valence electrons. The van der Waals surface area contributed by atoms with E-state index in [1.807, 2.05) is 0 Å². The van der Waals surface area contributed by atoms with E-state index in [1.54, 1.807) is 48.5 Å². The molecule has 25 heavy (non-hydrogen) atoms. The summed E-state index contributed by atoms with van der Waals surface area (Å²) in [5.41, 5.74) is 5.60. The van der Waals surface area contributed by atoms with E-state index >= 15 is 0 Å². The number of benzene rings is 2. The third kappa shape index (κ3) is 3.47. The van der Waals surface area contributed by atoms with Crippen LogP contribution in [-0.2, 0) is 6.42 Å². The summed E-state index contributed by atoms with van der Waals surface area (Å²) >= 11 is 0. The molecule has 3 aromatic rings. The second-order valence-corrected chi connectivity index (χ2v) is 5.53. The summed E-state index contributed by atoms with van der Waals surface area (Å²) in [7, 11) is 0. The third-order valence-corrected chi connectivity index (χ3v) is 3.86. The number of para-hydroxylation sites is 2. The van der Waals surface area contributed by atoms with E-state index in [0.717, 1.165) is 0 Å². The number of hydrogen-bond donors (Lipinski definition) is 2. The summed E-state index contributed by atoms with van der Waals surface area (Å²) < 4.78 is 10.8. The highest BCUT2D eigenvalue weighted by molar-refractivity contribution is 5.95. The lowest BCUT2D eigenvalue weighted by Crippen LogP contribution is -2.14. The Kier molecular flexibility index (Phi) is 4.70. The van der Waals surface area contributed by atoms with Gasteiger partial charge in [0.15, 0.2) is 0 Å². The van der Waals surface area contributed by atoms with Crippen LogP contribution in [0.15, 0.2) is 57.7 Å². The van der Waals surface area contributed by atoms with Crippen LogP contribution in [0.1, 0.15) is 22.3 Å². The number of hydrogen-bond acceptors (Lipinski definition) is 5. The standard InChI is InChI=1S/C19H17NO5/c20-18(22)13-7-2-3-9-15(13)24-11-5-8-14-17(21)12-6-1-4-10-16(12)25-19(14)23/h1-4,6-7,9-10,21H,5,8,11H2,(H2,20,22). The van der Waals surface area contributed by atoms with Gasteiger partial charge in [0, 0.05) is 0 Å². The lowest BCUT2D eigenvalue weighted by atomic mass is 10.1. The molecule has 1 amide bonds. The molecular formula is C19H17NO5. The first kappa shape index (κ1) is 16.6. The molecule has 0 aliphatic carbocycles. The van der Waals surface area contributed by atoms with Crippen LogP contribution in [0.3, 0.4) is 0 Å². The molecule has 0 saturated heterocycles. The Morgan fingerprint density at radius 3 is 2.64 bits per heavy atom. The Balaban J connectivity index is 1.70. The maximum atomic E-state index is 12.0. The highest BCUT2D eigenvalue weighted by Gasteiger charge is 2.14. The van der Waals surface area contributed by atoms with Crippen molar-refractivity contribution in [1.29, 1.82) is 0 Å². The van der Waals surface area contributed by atoms with Crippen molar-refractivity contribution < 1.29 is 19.1 Å². The average molecular weight is 339 g/mol. The minimum atomic E-state index is -0.566. The molecule has 0 bridgehead atoms. The molecule has 0 spiro atoms. The molecule has 0 aliphatic rings. The Hall–Kier alpha value is -3.28. The van der Waals surface area contributed by atoms with E-state index in [0.29, 0.717) is 28.7 Å². The van der Waals surface area contributed by atoms with Crippen LogP contribution >= 0.6 is 0 Å². The zero-order valence-corrected chi connectivity index (χ0v) is 13.4. The fourth-order valence-corrected chi connectivity index (χ4v) is 2.62. The first-order valence-corrected chi connectivity index (χ1v) is 7.83. The Labute approximate surface area is 143 Å². The van der Waals surface area contributed by atoms with Crippen molar-refractivity contribution in [3.8, 4) is 11.5 Å². The second-order valence-electron chi connectivity index (χ2n) is 5.53. The minimum absolute atomic E-state index is 0.0654. The summed E-state index contributed by atoms with van der Waals surface area (Å²) in [6.07, 6.45) is 0.751. The number of primary amides is 1. The Bertz CT molecular complexity index is 977. The van der Waals surface area contributed by atoms with Gasteiger partial charge in [-0.15, -0.1) is 0 Å². The number of rotatable bonds is 6. The maximum Gasteiger partial charge on any atom is 0.343 e. The third-order valence-electron chi connectivity index (χ3n) is 3.86. The molecule has 3 rings (SSSR count). The van der Waals surface area contributed by atoms with Gasteiger partial charge >= 0.3 is 5.63 Å². The van der Waals surface area contributed by atoms with E-state index in [9.17, 15) is 14.7 Å². The van der Waals surface area contributed by atoms with Crippen molar-refractivity contribution in [2.24, 2.45) is 5.73 Å². The van der Waals surface area contributed by atoms with Crippen LogP contribution in [0.2, 0.25) is 0 Å². The fourth-order valence-electron chi connectivity index (χ4n) is 2.62. The van der Waals surface area contributed by atoms with Crippen molar-refractivity contribution >= 4 is 16.9 Å². The summed E-state index contributed by atoms with van der Waals surface area (Å²) in [6.45, 7) is 0.260. The van der Waals surface area contributed by atoms with E-state index in [2.05, 4.69) is 0 Å². The summed E-state index contributed by atoms with van der Waals surface area (Å²) in [6, 6.07) is 13.5. The van der Waals surface area contributed by atoms with E-state index in [4.69, 9.17) is 14.9 Å². The van der Waals surface area contributed by atoms with E-state index in [1.165, 1.54) is 0 Å². The van der Waals surface area contributed by atoms with Crippen LogP contribution < -0.4 is 16.1 Å². The number of aromatic hydroxyl groups is 1. The monoisotopic (exact) mass is 339 g/mol. The lowest BCUT2D eigenvalue weighted by molar-refractivity contribution is 0.0996. The molecule has 6 heteroatoms. The highest BCUT2D eigenvalue weighted by Crippen LogP contribution is 2.26. The molecule has 1 aromatic heterocycles. The molecule has 1 heterocycles. The van der Waals surface area contributed by atoms with Crippen molar-refractivity contribution in [2.45, 2.75) is 12.8 Å². The predicted octanol–water partition coefficient (Wildman–Crippen LogP) is 2.61. The number of amides is 1. The normalized spacial score (nSPS) is 10.7. The van der Waals surface area contributed by atoms with Gasteiger partial charge in [-0.25, -0.2) is 4.79 Å². The Morgan fingerprint density at radius 2 is 1.84 bits per heavy atom. The largest absolute Gasteiger partial charge is 0.507 e. The second kappa shape index (κ2) is 7.09. The van der Waals surface area contributed by atoms with Gasteiger partial charge < -0.3 is 20.0 Å². The number of fused-ring (bicyclic) bond motifs is 1. The van der Waals surface area contributed by atoms with Gasteiger partial charge in [-0.1, -0.05) is 24.3 Å². The van der Waals surface area contributed by atoms with E-state index in [-0.39, 0.29) is 24.3 Å². The average Bonchev–Trinajstić information content (AvgIpc) is 2.61. The predicted molar refractivity (Wildman–Crippen MR) is 92.9 cm³/mol. The van der Waals surface area contributed by atoms with Gasteiger partial charge in [-0.05, 0) is 37.1 Å². The van der Waals surface area contributed by atoms with Gasteiger partial charge in [-0.2, -0.15) is 0 Å². The molecule has 0 fully saturated rings. The first-order chi connectivity index (χ1) is 12.1. The van der Waals surface area contributed by atoms with Gasteiger partial charge in [0.05, 0.1) is 23.1 Å². The zero-order valence-electron chi connectivity index (χ0n) is 13.4.